The van der Waals surface area contributed by atoms with Gasteiger partial charge in [0.25, 0.3) is 5.91 Å². The van der Waals surface area contributed by atoms with Crippen LogP contribution < -0.4 is 16.0 Å². The molecule has 3 aromatic rings. The first-order valence-electron chi connectivity index (χ1n) is 10.3. The number of aromatic nitrogens is 2. The van der Waals surface area contributed by atoms with Crippen molar-refractivity contribution >= 4 is 29.0 Å². The smallest absolute Gasteiger partial charge is 0.322 e. The van der Waals surface area contributed by atoms with Gasteiger partial charge in [-0.2, -0.15) is 18.3 Å². The number of amides is 2. The van der Waals surface area contributed by atoms with E-state index < -0.39 is 23.9 Å². The van der Waals surface area contributed by atoms with Crippen LogP contribution in [0.4, 0.5) is 19.0 Å². The largest absolute Gasteiger partial charge is 0.416 e. The fraction of sp³-hybridized carbons (Fsp3) is 0.318. The topological polar surface area (TPSA) is 88.1 Å². The van der Waals surface area contributed by atoms with Crippen molar-refractivity contribution in [1.82, 2.24) is 20.4 Å². The van der Waals surface area contributed by atoms with E-state index in [9.17, 15) is 22.8 Å². The maximum Gasteiger partial charge on any atom is 0.416 e. The van der Waals surface area contributed by atoms with Crippen molar-refractivity contribution in [3.05, 3.63) is 59.0 Å². The van der Waals surface area contributed by atoms with E-state index in [2.05, 4.69) is 21.0 Å². The first kappa shape index (κ1) is 23.0. The first-order chi connectivity index (χ1) is 15.6. The van der Waals surface area contributed by atoms with E-state index in [0.717, 1.165) is 29.1 Å². The van der Waals surface area contributed by atoms with Crippen molar-refractivity contribution in [2.24, 2.45) is 5.92 Å². The number of benzene rings is 1. The molecule has 0 radical (unpaired) electrons. The van der Waals surface area contributed by atoms with Gasteiger partial charge in [-0.3, -0.25) is 14.9 Å². The molecular formula is C22H22F3N5O2S. The number of anilines is 1. The molecule has 0 spiro atoms. The summed E-state index contributed by atoms with van der Waals surface area (Å²) in [7, 11) is 0. The predicted molar refractivity (Wildman–Crippen MR) is 118 cm³/mol. The molecular weight excluding hydrogens is 455 g/mol. The summed E-state index contributed by atoms with van der Waals surface area (Å²) in [6, 6.07) is 9.29. The summed E-state index contributed by atoms with van der Waals surface area (Å²) >= 11 is 1.47. The fourth-order valence-electron chi connectivity index (χ4n) is 3.50. The van der Waals surface area contributed by atoms with E-state index in [-0.39, 0.29) is 23.4 Å². The molecule has 2 atom stereocenters. The number of nitrogens with zero attached hydrogens (tertiary/aromatic N) is 2. The van der Waals surface area contributed by atoms with E-state index in [1.165, 1.54) is 16.0 Å². The van der Waals surface area contributed by atoms with Gasteiger partial charge in [0.15, 0.2) is 6.29 Å². The summed E-state index contributed by atoms with van der Waals surface area (Å²) in [5.41, 5.74) is -0.178. The number of alkyl halides is 3. The highest BCUT2D eigenvalue weighted by Gasteiger charge is 2.32. The van der Waals surface area contributed by atoms with E-state index >= 15 is 0 Å². The number of rotatable bonds is 5. The fourth-order valence-corrected chi connectivity index (χ4v) is 4.18. The second-order valence-electron chi connectivity index (χ2n) is 8.06. The minimum Gasteiger partial charge on any atom is -0.322 e. The molecule has 1 aliphatic heterocycles. The van der Waals surface area contributed by atoms with Crippen LogP contribution in [0.2, 0.25) is 0 Å². The molecule has 2 aromatic heterocycles. The number of halogens is 3. The molecule has 1 fully saturated rings. The molecule has 174 valence electrons. The zero-order valence-electron chi connectivity index (χ0n) is 17.8. The van der Waals surface area contributed by atoms with Gasteiger partial charge in [-0.1, -0.05) is 19.9 Å². The van der Waals surface area contributed by atoms with Gasteiger partial charge >= 0.3 is 6.18 Å². The third-order valence-electron chi connectivity index (χ3n) is 5.35. The van der Waals surface area contributed by atoms with E-state index in [0.29, 0.717) is 17.9 Å². The summed E-state index contributed by atoms with van der Waals surface area (Å²) in [6.07, 6.45) is -4.86. The van der Waals surface area contributed by atoms with Crippen molar-refractivity contribution in [1.29, 1.82) is 0 Å². The second kappa shape index (κ2) is 8.99. The Kier molecular flexibility index (Phi) is 6.26. The van der Waals surface area contributed by atoms with Crippen LogP contribution in [-0.2, 0) is 11.0 Å². The summed E-state index contributed by atoms with van der Waals surface area (Å²) in [5.74, 6) is -0.252. The lowest BCUT2D eigenvalue weighted by Gasteiger charge is -2.34. The molecule has 2 amide bonds. The van der Waals surface area contributed by atoms with Gasteiger partial charge in [-0.25, -0.2) is 4.68 Å². The number of carbonyl (C=O) groups excluding carboxylic acids is 2. The van der Waals surface area contributed by atoms with Gasteiger partial charge in [-0.05, 0) is 41.6 Å². The Balaban J connectivity index is 1.64. The molecule has 1 aromatic carbocycles. The average molecular weight is 478 g/mol. The van der Waals surface area contributed by atoms with Crippen molar-refractivity contribution in [2.75, 3.05) is 5.32 Å². The Morgan fingerprint density at radius 2 is 1.97 bits per heavy atom. The van der Waals surface area contributed by atoms with Gasteiger partial charge in [0.2, 0.25) is 5.91 Å². The molecule has 3 heterocycles. The molecule has 3 N–H and O–H groups in total. The average Bonchev–Trinajstić information content (AvgIpc) is 3.43. The van der Waals surface area contributed by atoms with Crippen molar-refractivity contribution in [2.45, 2.75) is 38.8 Å². The zero-order valence-corrected chi connectivity index (χ0v) is 18.6. The van der Waals surface area contributed by atoms with Crippen molar-refractivity contribution < 1.29 is 22.8 Å². The van der Waals surface area contributed by atoms with E-state index in [4.69, 9.17) is 0 Å². The van der Waals surface area contributed by atoms with Crippen LogP contribution in [0.15, 0.2) is 47.8 Å². The lowest BCUT2D eigenvalue weighted by Crippen LogP contribution is -2.55. The summed E-state index contributed by atoms with van der Waals surface area (Å²) in [6.45, 7) is 4.00. The summed E-state index contributed by atoms with van der Waals surface area (Å²) in [5, 5.41) is 15.4. The number of hydrogen-bond donors (Lipinski definition) is 3. The minimum absolute atomic E-state index is 0.0640. The Hall–Kier alpha value is -3.18. The summed E-state index contributed by atoms with van der Waals surface area (Å²) in [4.78, 5) is 26.0. The maximum atomic E-state index is 12.8. The van der Waals surface area contributed by atoms with Crippen molar-refractivity contribution in [3.63, 3.8) is 0 Å². The Morgan fingerprint density at radius 3 is 2.58 bits per heavy atom. The third-order valence-corrected chi connectivity index (χ3v) is 6.24. The maximum absolute atomic E-state index is 12.8. The van der Waals surface area contributed by atoms with Crippen LogP contribution in [-0.4, -0.2) is 27.6 Å². The molecule has 0 saturated carbocycles. The normalized spacial score (nSPS) is 18.9. The Labute approximate surface area is 192 Å². The molecule has 0 aliphatic carbocycles. The first-order valence-corrected chi connectivity index (χ1v) is 11.2. The predicted octanol–water partition coefficient (Wildman–Crippen LogP) is 4.47. The number of carbonyl (C=O) groups is 2. The molecule has 33 heavy (non-hydrogen) atoms. The van der Waals surface area contributed by atoms with Crippen LogP contribution in [0.5, 0.6) is 0 Å². The summed E-state index contributed by atoms with van der Waals surface area (Å²) < 4.78 is 40.0. The quantitative estimate of drug-likeness (QED) is 0.506. The van der Waals surface area contributed by atoms with Gasteiger partial charge in [0, 0.05) is 24.1 Å². The highest BCUT2D eigenvalue weighted by atomic mass is 32.1. The lowest BCUT2D eigenvalue weighted by atomic mass is 9.99. The molecule has 7 nitrogen and oxygen atoms in total. The van der Waals surface area contributed by atoms with Crippen LogP contribution in [0.3, 0.4) is 0 Å². The highest BCUT2D eigenvalue weighted by molar-refractivity contribution is 7.13. The highest BCUT2D eigenvalue weighted by Crippen LogP contribution is 2.30. The standard InChI is InChI=1S/C22H22F3N5O2S/c1-12(2)15-11-19(31)28-21(26-15)30-18(10-16(29-30)17-4-3-9-33-17)27-20(32)13-5-7-14(8-6-13)22(23,24)25/h3-10,12,15,21,26H,11H2,1-2H3,(H,27,32)(H,28,31). The SMILES string of the molecule is CC(C)C1CC(=O)NC(n2nc(-c3cccs3)cc2NC(=O)c2ccc(C(F)(F)F)cc2)N1. The third kappa shape index (κ3) is 5.09. The van der Waals surface area contributed by atoms with E-state index in [1.54, 1.807) is 6.07 Å². The number of nitrogens with one attached hydrogen (secondary N) is 3. The van der Waals surface area contributed by atoms with Gasteiger partial charge < -0.3 is 10.6 Å². The second-order valence-corrected chi connectivity index (χ2v) is 9.00. The Morgan fingerprint density at radius 1 is 1.24 bits per heavy atom. The lowest BCUT2D eigenvalue weighted by molar-refractivity contribution is -0.137. The molecule has 1 saturated heterocycles. The number of hydrogen-bond acceptors (Lipinski definition) is 5. The van der Waals surface area contributed by atoms with Crippen LogP contribution >= 0.6 is 11.3 Å². The van der Waals surface area contributed by atoms with Gasteiger partial charge in [-0.15, -0.1) is 11.3 Å². The molecule has 11 heteroatoms. The monoisotopic (exact) mass is 477 g/mol. The zero-order chi connectivity index (χ0) is 23.8. The van der Waals surface area contributed by atoms with Gasteiger partial charge in [0.1, 0.15) is 11.5 Å². The van der Waals surface area contributed by atoms with Crippen LogP contribution in [0.1, 0.15) is 42.5 Å². The molecule has 1 aliphatic rings. The minimum atomic E-state index is -4.49. The molecule has 4 rings (SSSR count). The van der Waals surface area contributed by atoms with Crippen LogP contribution in [0, 0.1) is 5.92 Å². The molecule has 2 unspecified atom stereocenters. The van der Waals surface area contributed by atoms with E-state index in [1.807, 2.05) is 31.4 Å². The van der Waals surface area contributed by atoms with Crippen LogP contribution in [0.25, 0.3) is 10.6 Å². The Bertz CT molecular complexity index is 1140. The number of thiophene rings is 1. The molecule has 0 bridgehead atoms. The van der Waals surface area contributed by atoms with Gasteiger partial charge in [0.05, 0.1) is 10.4 Å². The van der Waals surface area contributed by atoms with Crippen molar-refractivity contribution in [3.8, 4) is 10.6 Å².